The van der Waals surface area contributed by atoms with Gasteiger partial charge in [0.25, 0.3) is 0 Å². The van der Waals surface area contributed by atoms with Gasteiger partial charge in [-0.1, -0.05) is 12.0 Å². The Morgan fingerprint density at radius 1 is 1.15 bits per heavy atom. The van der Waals surface area contributed by atoms with Gasteiger partial charge in [0, 0.05) is 5.69 Å². The van der Waals surface area contributed by atoms with Gasteiger partial charge in [-0.05, 0) is 78.0 Å². The van der Waals surface area contributed by atoms with Crippen LogP contribution in [0.15, 0.2) is 34.8 Å². The Morgan fingerprint density at radius 3 is 2.65 bits per heavy atom. The van der Waals surface area contributed by atoms with Gasteiger partial charge in [-0.3, -0.25) is 0 Å². The maximum absolute atomic E-state index is 5.68. The van der Waals surface area contributed by atoms with Gasteiger partial charge in [0.2, 0.25) is 0 Å². The summed E-state index contributed by atoms with van der Waals surface area (Å²) in [5.41, 5.74) is 4.18. The molecule has 0 saturated heterocycles. The molecule has 0 unspecified atom stereocenters. The predicted molar refractivity (Wildman–Crippen MR) is 85.0 cm³/mol. The van der Waals surface area contributed by atoms with E-state index in [0.717, 1.165) is 21.6 Å². The smallest absolute Gasteiger partial charge is 0.149 e. The van der Waals surface area contributed by atoms with E-state index in [0.29, 0.717) is 6.61 Å². The summed E-state index contributed by atoms with van der Waals surface area (Å²) >= 11 is 3.50. The molecule has 1 aromatic carbocycles. The largest absolute Gasteiger partial charge is 0.480 e. The van der Waals surface area contributed by atoms with Gasteiger partial charge < -0.3 is 4.74 Å². The van der Waals surface area contributed by atoms with Crippen LogP contribution in [0.2, 0.25) is 0 Å². The molecule has 0 saturated carbocycles. The van der Waals surface area contributed by atoms with Crippen molar-refractivity contribution in [1.82, 2.24) is 4.98 Å². The van der Waals surface area contributed by atoms with Crippen LogP contribution < -0.4 is 4.74 Å². The van der Waals surface area contributed by atoms with Gasteiger partial charge in [-0.2, -0.15) is 0 Å². The van der Waals surface area contributed by atoms with E-state index in [2.05, 4.69) is 52.7 Å². The highest BCUT2D eigenvalue weighted by Gasteiger charge is 2.03. The zero-order valence-electron chi connectivity index (χ0n) is 11.8. The highest BCUT2D eigenvalue weighted by atomic mass is 79.9. The average Bonchev–Trinajstić information content (AvgIpc) is 2.40. The van der Waals surface area contributed by atoms with Crippen molar-refractivity contribution in [2.75, 3.05) is 6.61 Å². The minimum atomic E-state index is 0.344. The van der Waals surface area contributed by atoms with Crippen molar-refractivity contribution < 1.29 is 4.74 Å². The van der Waals surface area contributed by atoms with Crippen molar-refractivity contribution in [1.29, 1.82) is 0 Å². The summed E-state index contributed by atoms with van der Waals surface area (Å²) in [6.45, 7) is 6.44. The molecule has 0 radical (unpaired) electrons. The van der Waals surface area contributed by atoms with E-state index in [-0.39, 0.29) is 0 Å². The van der Waals surface area contributed by atoms with Gasteiger partial charge in [0.1, 0.15) is 18.1 Å². The van der Waals surface area contributed by atoms with Crippen molar-refractivity contribution in [3.63, 3.8) is 0 Å². The number of ether oxygens (including phenoxy) is 1. The molecule has 0 spiro atoms. The van der Waals surface area contributed by atoms with E-state index in [4.69, 9.17) is 4.74 Å². The van der Waals surface area contributed by atoms with Crippen LogP contribution in [0.5, 0.6) is 5.75 Å². The van der Waals surface area contributed by atoms with E-state index in [9.17, 15) is 0 Å². The fraction of sp³-hybridized carbons (Fsp3) is 0.235. The van der Waals surface area contributed by atoms with E-state index >= 15 is 0 Å². The molecule has 1 heterocycles. The third-order valence-corrected chi connectivity index (χ3v) is 3.57. The zero-order chi connectivity index (χ0) is 14.5. The lowest BCUT2D eigenvalue weighted by Crippen LogP contribution is -1.96. The fourth-order valence-corrected chi connectivity index (χ4v) is 2.29. The Kier molecular flexibility index (Phi) is 4.81. The molecule has 1 aromatic heterocycles. The molecule has 0 aliphatic carbocycles. The first-order valence-corrected chi connectivity index (χ1v) is 7.17. The van der Waals surface area contributed by atoms with E-state index in [1.165, 1.54) is 11.1 Å². The summed E-state index contributed by atoms with van der Waals surface area (Å²) in [6, 6.07) is 9.87. The van der Waals surface area contributed by atoms with Crippen LogP contribution in [0.25, 0.3) is 0 Å². The lowest BCUT2D eigenvalue weighted by Gasteiger charge is -2.08. The van der Waals surface area contributed by atoms with E-state index < -0.39 is 0 Å². The molecule has 102 valence electrons. The summed E-state index contributed by atoms with van der Waals surface area (Å²) in [5.74, 6) is 6.80. The van der Waals surface area contributed by atoms with Gasteiger partial charge in [0.15, 0.2) is 0 Å². The standard InChI is InChI=1S/C17H16BrNO/c1-12-10-16(18)17(11-13(12)2)20-9-5-8-15-7-4-6-14(3)19-15/h4,6-7,10-11H,9H2,1-3H3. The molecule has 0 atom stereocenters. The van der Waals surface area contributed by atoms with Crippen molar-refractivity contribution in [2.24, 2.45) is 0 Å². The number of halogens is 1. The first-order chi connectivity index (χ1) is 9.56. The van der Waals surface area contributed by atoms with Crippen LogP contribution in [0.4, 0.5) is 0 Å². The number of nitrogens with zero attached hydrogens (tertiary/aromatic N) is 1. The maximum atomic E-state index is 5.68. The summed E-state index contributed by atoms with van der Waals surface area (Å²) in [7, 11) is 0. The average molecular weight is 330 g/mol. The van der Waals surface area contributed by atoms with Crippen LogP contribution in [0, 0.1) is 32.6 Å². The van der Waals surface area contributed by atoms with Crippen LogP contribution in [0.3, 0.4) is 0 Å². The molecule has 2 nitrogen and oxygen atoms in total. The topological polar surface area (TPSA) is 22.1 Å². The third-order valence-electron chi connectivity index (χ3n) is 2.95. The third kappa shape index (κ3) is 3.85. The number of hydrogen-bond donors (Lipinski definition) is 0. The summed E-state index contributed by atoms with van der Waals surface area (Å²) in [6.07, 6.45) is 0. The van der Waals surface area contributed by atoms with Crippen LogP contribution >= 0.6 is 15.9 Å². The number of rotatable bonds is 2. The SMILES string of the molecule is Cc1cccc(C#CCOc2cc(C)c(C)cc2Br)n1. The normalized spacial score (nSPS) is 9.80. The molecule has 0 N–H and O–H groups in total. The van der Waals surface area contributed by atoms with Gasteiger partial charge in [0.05, 0.1) is 4.47 Å². The molecule has 20 heavy (non-hydrogen) atoms. The summed E-state index contributed by atoms with van der Waals surface area (Å²) in [4.78, 5) is 4.32. The van der Waals surface area contributed by atoms with Crippen LogP contribution in [0.1, 0.15) is 22.5 Å². The molecule has 3 heteroatoms. The second-order valence-electron chi connectivity index (χ2n) is 4.62. The van der Waals surface area contributed by atoms with E-state index in [1.54, 1.807) is 0 Å². The highest BCUT2D eigenvalue weighted by molar-refractivity contribution is 9.10. The van der Waals surface area contributed by atoms with Crippen molar-refractivity contribution in [2.45, 2.75) is 20.8 Å². The van der Waals surface area contributed by atoms with Crippen molar-refractivity contribution in [3.05, 3.63) is 57.3 Å². The number of aromatic nitrogens is 1. The number of hydrogen-bond acceptors (Lipinski definition) is 2. The quantitative estimate of drug-likeness (QED) is 0.770. The zero-order valence-corrected chi connectivity index (χ0v) is 13.4. The Morgan fingerprint density at radius 2 is 1.90 bits per heavy atom. The molecule has 2 rings (SSSR count). The summed E-state index contributed by atoms with van der Waals surface area (Å²) < 4.78 is 6.63. The number of pyridine rings is 1. The van der Waals surface area contributed by atoms with Crippen molar-refractivity contribution >= 4 is 15.9 Å². The van der Waals surface area contributed by atoms with E-state index in [1.807, 2.05) is 31.2 Å². The van der Waals surface area contributed by atoms with Gasteiger partial charge in [-0.25, -0.2) is 4.98 Å². The second-order valence-corrected chi connectivity index (χ2v) is 5.48. The molecule has 2 aromatic rings. The lowest BCUT2D eigenvalue weighted by atomic mass is 10.1. The molecular weight excluding hydrogens is 314 g/mol. The minimum absolute atomic E-state index is 0.344. The molecule has 0 aliphatic heterocycles. The lowest BCUT2D eigenvalue weighted by molar-refractivity contribution is 0.367. The monoisotopic (exact) mass is 329 g/mol. The summed E-state index contributed by atoms with van der Waals surface area (Å²) in [5, 5.41) is 0. The number of benzene rings is 1. The number of aryl methyl sites for hydroxylation is 3. The van der Waals surface area contributed by atoms with Gasteiger partial charge in [-0.15, -0.1) is 0 Å². The van der Waals surface area contributed by atoms with Gasteiger partial charge >= 0.3 is 0 Å². The first kappa shape index (κ1) is 14.6. The molecule has 0 fully saturated rings. The molecule has 0 amide bonds. The first-order valence-electron chi connectivity index (χ1n) is 6.38. The Bertz CT molecular complexity index is 683. The molecular formula is C17H16BrNO. The Labute approximate surface area is 128 Å². The van der Waals surface area contributed by atoms with Crippen LogP contribution in [-0.4, -0.2) is 11.6 Å². The van der Waals surface area contributed by atoms with Crippen molar-refractivity contribution in [3.8, 4) is 17.6 Å². The second kappa shape index (κ2) is 6.58. The Balaban J connectivity index is 2.02. The minimum Gasteiger partial charge on any atom is -0.480 e. The molecule has 0 aliphatic rings. The molecule has 0 bridgehead atoms. The predicted octanol–water partition coefficient (Wildman–Crippen LogP) is 4.20. The maximum Gasteiger partial charge on any atom is 0.149 e. The fourth-order valence-electron chi connectivity index (χ4n) is 1.72. The highest BCUT2D eigenvalue weighted by Crippen LogP contribution is 2.28. The Hall–Kier alpha value is -1.79. The van der Waals surface area contributed by atoms with Crippen LogP contribution in [-0.2, 0) is 0 Å².